The van der Waals surface area contributed by atoms with Gasteiger partial charge in [0.05, 0.1) is 8.66 Å². The highest BCUT2D eigenvalue weighted by Gasteiger charge is 2.29. The third-order valence-corrected chi connectivity index (χ3v) is 7.60. The lowest BCUT2D eigenvalue weighted by atomic mass is 10.2. The first-order chi connectivity index (χ1) is 8.61. The highest BCUT2D eigenvalue weighted by Crippen LogP contribution is 2.33. The van der Waals surface area contributed by atoms with E-state index in [1.165, 1.54) is 24.2 Å². The summed E-state index contributed by atoms with van der Waals surface area (Å²) in [4.78, 5) is 12.9. The molecule has 2 unspecified atom stereocenters. The number of hydrogen-bond acceptors (Lipinski definition) is 3. The molecule has 1 fully saturated rings. The van der Waals surface area contributed by atoms with E-state index in [9.17, 15) is 4.79 Å². The van der Waals surface area contributed by atoms with Crippen LogP contribution in [0.4, 0.5) is 0 Å². The predicted octanol–water partition coefficient (Wildman–Crippen LogP) is 4.68. The Morgan fingerprint density at radius 3 is 2.94 bits per heavy atom. The van der Waals surface area contributed by atoms with Crippen LogP contribution >= 0.6 is 55.0 Å². The van der Waals surface area contributed by atoms with Gasteiger partial charge in [0.25, 0.3) is 5.91 Å². The molecule has 0 saturated heterocycles. The number of rotatable bonds is 4. The molecule has 100 valence electrons. The zero-order valence-corrected chi connectivity index (χ0v) is 14.8. The first-order valence-electron chi connectivity index (χ1n) is 5.99. The van der Waals surface area contributed by atoms with Gasteiger partial charge in [0, 0.05) is 15.8 Å². The molecule has 1 aliphatic carbocycles. The second kappa shape index (κ2) is 6.77. The number of hydrogen-bond donors (Lipinski definition) is 1. The Balaban J connectivity index is 1.98. The Kier molecular flexibility index (Phi) is 5.60. The van der Waals surface area contributed by atoms with E-state index < -0.39 is 0 Å². The number of nitrogens with one attached hydrogen (secondary N) is 1. The van der Waals surface area contributed by atoms with Crippen molar-refractivity contribution in [3.63, 3.8) is 0 Å². The maximum atomic E-state index is 12.2. The lowest BCUT2D eigenvalue weighted by molar-refractivity contribution is 0.0943. The normalized spacial score (nSPS) is 23.3. The van der Waals surface area contributed by atoms with Crippen LogP contribution in [0.1, 0.15) is 35.9 Å². The Morgan fingerprint density at radius 2 is 2.33 bits per heavy atom. The number of thiophene rings is 1. The summed E-state index contributed by atoms with van der Waals surface area (Å²) in [6.07, 6.45) is 3.55. The first kappa shape index (κ1) is 14.9. The number of amides is 1. The van der Waals surface area contributed by atoms with Crippen LogP contribution in [0.3, 0.4) is 0 Å². The standard InChI is InChI=1S/C12H15Br2NOS2/c1-2-17-9-5-3-4-8(9)15-12(16)10-6-7(13)11(14)18-10/h6,8-9H,2-5H2,1H3,(H,15,16). The highest BCUT2D eigenvalue weighted by molar-refractivity contribution is 9.13. The molecule has 2 nitrogen and oxygen atoms in total. The van der Waals surface area contributed by atoms with E-state index >= 15 is 0 Å². The largest absolute Gasteiger partial charge is 0.347 e. The van der Waals surface area contributed by atoms with Crippen LogP contribution in [-0.4, -0.2) is 23.0 Å². The summed E-state index contributed by atoms with van der Waals surface area (Å²) in [5.74, 6) is 1.17. The topological polar surface area (TPSA) is 29.1 Å². The van der Waals surface area contributed by atoms with Crippen molar-refractivity contribution < 1.29 is 4.79 Å². The van der Waals surface area contributed by atoms with Crippen LogP contribution in [-0.2, 0) is 0 Å². The molecule has 2 rings (SSSR count). The Labute approximate surface area is 133 Å². The van der Waals surface area contributed by atoms with Crippen LogP contribution in [0.2, 0.25) is 0 Å². The molecule has 1 heterocycles. The maximum Gasteiger partial charge on any atom is 0.261 e. The molecule has 1 aromatic rings. The molecule has 1 aliphatic rings. The molecular formula is C12H15Br2NOS2. The summed E-state index contributed by atoms with van der Waals surface area (Å²) >= 11 is 10.3. The van der Waals surface area contributed by atoms with Gasteiger partial charge >= 0.3 is 0 Å². The molecule has 1 N–H and O–H groups in total. The van der Waals surface area contributed by atoms with Crippen LogP contribution < -0.4 is 5.32 Å². The monoisotopic (exact) mass is 411 g/mol. The second-order valence-electron chi connectivity index (χ2n) is 4.24. The zero-order chi connectivity index (χ0) is 13.1. The van der Waals surface area contributed by atoms with Gasteiger partial charge in [0.1, 0.15) is 0 Å². The van der Waals surface area contributed by atoms with Gasteiger partial charge in [0.2, 0.25) is 0 Å². The molecule has 6 heteroatoms. The summed E-state index contributed by atoms with van der Waals surface area (Å²) in [7, 11) is 0. The van der Waals surface area contributed by atoms with Gasteiger partial charge in [-0.15, -0.1) is 11.3 Å². The van der Waals surface area contributed by atoms with E-state index in [1.54, 1.807) is 0 Å². The van der Waals surface area contributed by atoms with E-state index in [0.717, 1.165) is 25.3 Å². The van der Waals surface area contributed by atoms with Crippen LogP contribution in [0.5, 0.6) is 0 Å². The van der Waals surface area contributed by atoms with E-state index in [1.807, 2.05) is 17.8 Å². The van der Waals surface area contributed by atoms with Gasteiger partial charge in [-0.2, -0.15) is 11.8 Å². The minimum absolute atomic E-state index is 0.0556. The minimum Gasteiger partial charge on any atom is -0.347 e. The molecule has 0 aromatic carbocycles. The van der Waals surface area contributed by atoms with Gasteiger partial charge in [0.15, 0.2) is 0 Å². The summed E-state index contributed by atoms with van der Waals surface area (Å²) < 4.78 is 1.92. The summed E-state index contributed by atoms with van der Waals surface area (Å²) in [6.45, 7) is 2.18. The fourth-order valence-electron chi connectivity index (χ4n) is 2.20. The van der Waals surface area contributed by atoms with E-state index in [2.05, 4.69) is 44.1 Å². The average molecular weight is 413 g/mol. The smallest absolute Gasteiger partial charge is 0.261 e. The van der Waals surface area contributed by atoms with Crippen LogP contribution in [0.15, 0.2) is 14.3 Å². The molecule has 1 amide bonds. The quantitative estimate of drug-likeness (QED) is 0.777. The molecule has 1 saturated carbocycles. The minimum atomic E-state index is 0.0556. The third-order valence-electron chi connectivity index (χ3n) is 3.02. The maximum absolute atomic E-state index is 12.2. The molecule has 0 bridgehead atoms. The SMILES string of the molecule is CCSC1CCCC1NC(=O)c1cc(Br)c(Br)s1. The van der Waals surface area contributed by atoms with E-state index in [4.69, 9.17) is 0 Å². The first-order valence-corrected chi connectivity index (χ1v) is 9.44. The van der Waals surface area contributed by atoms with Crippen molar-refractivity contribution in [1.29, 1.82) is 0 Å². The summed E-state index contributed by atoms with van der Waals surface area (Å²) in [5.41, 5.74) is 0. The lowest BCUT2D eigenvalue weighted by Gasteiger charge is -2.19. The van der Waals surface area contributed by atoms with Gasteiger partial charge in [-0.1, -0.05) is 13.3 Å². The van der Waals surface area contributed by atoms with Crippen LogP contribution in [0.25, 0.3) is 0 Å². The van der Waals surface area contributed by atoms with Gasteiger partial charge in [-0.3, -0.25) is 4.79 Å². The average Bonchev–Trinajstić information content (AvgIpc) is 2.88. The fourth-order valence-corrected chi connectivity index (χ4v) is 5.34. The summed E-state index contributed by atoms with van der Waals surface area (Å²) in [6, 6.07) is 2.21. The molecule has 0 aliphatic heterocycles. The number of halogens is 2. The van der Waals surface area contributed by atoms with Crippen molar-refractivity contribution in [3.05, 3.63) is 19.2 Å². The van der Waals surface area contributed by atoms with E-state index in [0.29, 0.717) is 11.3 Å². The van der Waals surface area contributed by atoms with E-state index in [-0.39, 0.29) is 5.91 Å². The van der Waals surface area contributed by atoms with Crippen molar-refractivity contribution in [2.75, 3.05) is 5.75 Å². The molecule has 0 spiro atoms. The highest BCUT2D eigenvalue weighted by atomic mass is 79.9. The molecular weight excluding hydrogens is 398 g/mol. The molecule has 1 aromatic heterocycles. The van der Waals surface area contributed by atoms with Crippen molar-refractivity contribution >= 4 is 60.9 Å². The Morgan fingerprint density at radius 1 is 1.56 bits per heavy atom. The number of carbonyl (C=O) groups is 1. The Hall–Kier alpha value is 0.480. The second-order valence-corrected chi connectivity index (χ2v) is 8.98. The fraction of sp³-hybridized carbons (Fsp3) is 0.583. The van der Waals surface area contributed by atoms with Gasteiger partial charge in [-0.05, 0) is 56.5 Å². The lowest BCUT2D eigenvalue weighted by Crippen LogP contribution is -2.38. The van der Waals surface area contributed by atoms with Crippen molar-refractivity contribution in [3.8, 4) is 0 Å². The molecule has 2 atom stereocenters. The van der Waals surface area contributed by atoms with Crippen molar-refractivity contribution in [1.82, 2.24) is 5.32 Å². The van der Waals surface area contributed by atoms with Crippen molar-refractivity contribution in [2.24, 2.45) is 0 Å². The van der Waals surface area contributed by atoms with Gasteiger partial charge in [-0.25, -0.2) is 0 Å². The summed E-state index contributed by atoms with van der Waals surface area (Å²) in [5, 5.41) is 3.77. The third kappa shape index (κ3) is 3.52. The number of carbonyl (C=O) groups excluding carboxylic acids is 1. The van der Waals surface area contributed by atoms with Gasteiger partial charge < -0.3 is 5.32 Å². The zero-order valence-electron chi connectivity index (χ0n) is 10.0. The Bertz CT molecular complexity index is 416. The predicted molar refractivity (Wildman–Crippen MR) is 86.7 cm³/mol. The molecule has 0 radical (unpaired) electrons. The number of thioether (sulfide) groups is 1. The van der Waals surface area contributed by atoms with Crippen LogP contribution in [0, 0.1) is 0 Å². The van der Waals surface area contributed by atoms with Crippen molar-refractivity contribution in [2.45, 2.75) is 37.5 Å². The molecule has 18 heavy (non-hydrogen) atoms.